The number of amides is 11. The molecule has 0 aliphatic carbocycles. The third-order valence-electron chi connectivity index (χ3n) is 16.8. The highest BCUT2D eigenvalue weighted by molar-refractivity contribution is 6.10. The van der Waals surface area contributed by atoms with Crippen molar-refractivity contribution in [1.29, 1.82) is 0 Å². The van der Waals surface area contributed by atoms with Crippen molar-refractivity contribution >= 4 is 70.8 Å². The number of rotatable bonds is 20. The van der Waals surface area contributed by atoms with Gasteiger partial charge in [-0.25, -0.2) is 0 Å². The van der Waals surface area contributed by atoms with Crippen LogP contribution in [-0.4, -0.2) is 240 Å². The molecule has 4 N–H and O–H groups in total. The van der Waals surface area contributed by atoms with Crippen LogP contribution in [0.2, 0.25) is 0 Å². The Balaban J connectivity index is 4.41. The van der Waals surface area contributed by atoms with Gasteiger partial charge in [0.2, 0.25) is 59.1 Å². The van der Waals surface area contributed by atoms with Gasteiger partial charge in [0.1, 0.15) is 61.2 Å². The van der Waals surface area contributed by atoms with Crippen molar-refractivity contribution in [2.75, 3.05) is 69.3 Å². The zero-order chi connectivity index (χ0) is 69.7. The number of hydrogen-bond donors (Lipinski definition) is 4. The summed E-state index contributed by atoms with van der Waals surface area (Å²) < 4.78 is 11.5. The average molecular weight is 1280 g/mol. The molecule has 0 unspecified atom stereocenters. The van der Waals surface area contributed by atoms with E-state index in [1.54, 1.807) is 62.3 Å². The third-order valence-corrected chi connectivity index (χ3v) is 16.8. The molecule has 0 aromatic heterocycles. The van der Waals surface area contributed by atoms with Gasteiger partial charge in [0.15, 0.2) is 11.8 Å². The van der Waals surface area contributed by atoms with Crippen LogP contribution in [-0.2, 0) is 67.0 Å². The number of hydrogen-bond acceptors (Lipinski definition) is 14. The van der Waals surface area contributed by atoms with Gasteiger partial charge in [0.25, 0.3) is 5.91 Å². The first-order chi connectivity index (χ1) is 41.6. The van der Waals surface area contributed by atoms with Crippen LogP contribution in [0.1, 0.15) is 176 Å². The maximum absolute atomic E-state index is 15.2. The molecule has 0 aromatic carbocycles. The number of carbonyl (C=O) groups is 12. The Morgan fingerprint density at radius 1 is 0.522 bits per heavy atom. The van der Waals surface area contributed by atoms with Crippen molar-refractivity contribution in [2.24, 2.45) is 35.5 Å². The molecule has 25 nitrogen and oxygen atoms in total. The van der Waals surface area contributed by atoms with Gasteiger partial charge < -0.3 is 65.0 Å². The highest BCUT2D eigenvalue weighted by atomic mass is 16.7. The first-order valence-electron chi connectivity index (χ1n) is 32.4. The maximum Gasteiger partial charge on any atom is 0.251 e. The van der Waals surface area contributed by atoms with Crippen LogP contribution < -0.4 is 21.3 Å². The van der Waals surface area contributed by atoms with Crippen molar-refractivity contribution in [3.8, 4) is 0 Å². The van der Waals surface area contributed by atoms with E-state index in [-0.39, 0.29) is 56.7 Å². The Hall–Kier alpha value is -6.24. The lowest BCUT2D eigenvalue weighted by atomic mass is 9.91. The Morgan fingerprint density at radius 3 is 1.48 bits per heavy atom. The summed E-state index contributed by atoms with van der Waals surface area (Å²) in [6.07, 6.45) is 1.97. The molecule has 11 amide bonds. The fourth-order valence-corrected chi connectivity index (χ4v) is 11.0. The molecule has 0 saturated carbocycles. The lowest BCUT2D eigenvalue weighted by Crippen LogP contribution is -2.63. The van der Waals surface area contributed by atoms with Gasteiger partial charge >= 0.3 is 0 Å². The summed E-state index contributed by atoms with van der Waals surface area (Å²) in [5.41, 5.74) is -1.13. The molecule has 0 bridgehead atoms. The topological polar surface area (TPSA) is 294 Å². The second-order valence-corrected chi connectivity index (χ2v) is 27.3. The van der Waals surface area contributed by atoms with Crippen molar-refractivity contribution in [3.63, 3.8) is 0 Å². The molecule has 1 fully saturated rings. The summed E-state index contributed by atoms with van der Waals surface area (Å²) in [4.78, 5) is 184. The summed E-state index contributed by atoms with van der Waals surface area (Å²) in [5.74, 6) is -11.0. The Kier molecular flexibility index (Phi) is 33.9. The summed E-state index contributed by atoms with van der Waals surface area (Å²) in [5, 5.41) is 10.9. The molecule has 0 radical (unpaired) electrons. The Labute approximate surface area is 538 Å². The highest BCUT2D eigenvalue weighted by Gasteiger charge is 2.46. The highest BCUT2D eigenvalue weighted by Crippen LogP contribution is 2.26. The van der Waals surface area contributed by atoms with Gasteiger partial charge in [0.05, 0.1) is 12.1 Å². The standard InChI is InChI=1S/C65H117N11O14/c1-26-29-30-42(14)54(78)53-58(82)68-45(27-2)60(84)70(19)35-50(77)71(20)49(34-65(17,18)90-36-89-28-3)57(81)69-51(40(10)11)63(87)72(21)46(31-37(4)5)56(80)66-43(15)55(79)67-44(16)59(83)73(22)47(32-38(6)7)61(85)74(23)48(33-39(8)9)62(86)75(24)52(41(12)13)64(88)76(53)25/h37-49,51-53H,26-36H2,1-25H3,(H,66,80)(H,67,79)(H,68,82)(H,69,81)/t42-,43+,44-,45+,46+,47+,48+,49+,51+,52+,53+/m1/s1. The monoisotopic (exact) mass is 1280 g/mol. The van der Waals surface area contributed by atoms with Crippen LogP contribution in [0.5, 0.6) is 0 Å². The SMILES string of the molecule is CCCC[C@@H](C)C(=O)[C@H]1C(=O)N[C@@H](CC)C(=O)N(C)CC(=O)N(C)[C@@H](CC(C)(C)OCOCC)C(=O)N[C@@H](C(C)C)C(=O)N(C)[C@@H](CC(C)C)C(=O)N[C@@H](C)C(=O)N[C@H](C)C(=O)N(C)[C@@H](CC(C)C)C(=O)N(C)[C@@H](CC(C)C)C(=O)N(C)[C@@H](C(C)C)C(=O)N1C. The zero-order valence-electron chi connectivity index (χ0n) is 59.4. The van der Waals surface area contributed by atoms with E-state index in [2.05, 4.69) is 21.3 Å². The largest absolute Gasteiger partial charge is 0.356 e. The fourth-order valence-electron chi connectivity index (χ4n) is 11.0. The quantitative estimate of drug-likeness (QED) is 0.0766. The van der Waals surface area contributed by atoms with E-state index in [4.69, 9.17) is 9.47 Å². The van der Waals surface area contributed by atoms with E-state index in [1.165, 1.54) is 82.8 Å². The molecular formula is C65H117N11O14. The second kappa shape index (κ2) is 37.3. The zero-order valence-corrected chi connectivity index (χ0v) is 59.4. The van der Waals surface area contributed by atoms with Crippen molar-refractivity contribution in [2.45, 2.75) is 242 Å². The smallest absolute Gasteiger partial charge is 0.251 e. The number of nitrogens with zero attached hydrogens (tertiary/aromatic N) is 7. The van der Waals surface area contributed by atoms with Gasteiger partial charge in [0, 0.05) is 68.3 Å². The molecule has 1 saturated heterocycles. The predicted octanol–water partition coefficient (Wildman–Crippen LogP) is 3.83. The van der Waals surface area contributed by atoms with Gasteiger partial charge in [-0.05, 0) is 96.3 Å². The van der Waals surface area contributed by atoms with Crippen molar-refractivity contribution in [1.82, 2.24) is 55.6 Å². The summed E-state index contributed by atoms with van der Waals surface area (Å²) in [7, 11) is 9.73. The fraction of sp³-hybridized carbons (Fsp3) is 0.815. The van der Waals surface area contributed by atoms with Crippen molar-refractivity contribution < 1.29 is 67.0 Å². The predicted molar refractivity (Wildman–Crippen MR) is 344 cm³/mol. The van der Waals surface area contributed by atoms with Crippen LogP contribution in [0, 0.1) is 35.5 Å². The number of nitrogens with one attached hydrogen (secondary N) is 4. The van der Waals surface area contributed by atoms with E-state index in [0.717, 1.165) is 21.1 Å². The number of ether oxygens (including phenoxy) is 2. The van der Waals surface area contributed by atoms with Crippen LogP contribution in [0.3, 0.4) is 0 Å². The van der Waals surface area contributed by atoms with E-state index in [1.807, 2.05) is 48.5 Å². The number of ketones is 1. The molecule has 1 rings (SSSR count). The lowest BCUT2D eigenvalue weighted by molar-refractivity contribution is -0.157. The first kappa shape index (κ1) is 81.8. The maximum atomic E-state index is 15.2. The molecular weight excluding hydrogens is 1160 g/mol. The Morgan fingerprint density at radius 2 is 1.00 bits per heavy atom. The van der Waals surface area contributed by atoms with Gasteiger partial charge in [-0.3, -0.25) is 57.5 Å². The summed E-state index contributed by atoms with van der Waals surface area (Å²) >= 11 is 0. The number of unbranched alkanes of at least 4 members (excludes halogenated alkanes) is 1. The molecule has 90 heavy (non-hydrogen) atoms. The number of Topliss-reactive ketones (excluding diaryl/α,β-unsaturated/α-hetero) is 1. The van der Waals surface area contributed by atoms with E-state index >= 15 is 9.59 Å². The third kappa shape index (κ3) is 23.5. The molecule has 0 aromatic rings. The molecule has 25 heteroatoms. The minimum atomic E-state index is -1.80. The molecule has 11 atom stereocenters. The normalized spacial score (nSPS) is 25.7. The van der Waals surface area contributed by atoms with Crippen LogP contribution in [0.25, 0.3) is 0 Å². The lowest BCUT2D eigenvalue weighted by Gasteiger charge is -2.40. The molecule has 1 aliphatic rings. The van der Waals surface area contributed by atoms with E-state index in [0.29, 0.717) is 19.4 Å². The van der Waals surface area contributed by atoms with E-state index in [9.17, 15) is 47.9 Å². The summed E-state index contributed by atoms with van der Waals surface area (Å²) in [6, 6.07) is -13.1. The minimum Gasteiger partial charge on any atom is -0.356 e. The average Bonchev–Trinajstić information content (AvgIpc) is 0.849. The van der Waals surface area contributed by atoms with Crippen molar-refractivity contribution in [3.05, 3.63) is 0 Å². The second-order valence-electron chi connectivity index (χ2n) is 27.3. The molecule has 1 aliphatic heterocycles. The molecule has 0 spiro atoms. The van der Waals surface area contributed by atoms with Crippen LogP contribution in [0.15, 0.2) is 0 Å². The molecule has 516 valence electrons. The van der Waals surface area contributed by atoms with Crippen LogP contribution in [0.4, 0.5) is 0 Å². The van der Waals surface area contributed by atoms with Crippen LogP contribution >= 0.6 is 0 Å². The Bertz CT molecular complexity index is 2450. The van der Waals surface area contributed by atoms with Gasteiger partial charge in [-0.1, -0.05) is 103 Å². The van der Waals surface area contributed by atoms with E-state index < -0.39 is 161 Å². The minimum absolute atomic E-state index is 0.0254. The van der Waals surface area contributed by atoms with Gasteiger partial charge in [-0.2, -0.15) is 0 Å². The number of likely N-dealkylation sites (N-methyl/N-ethyl adjacent to an activating group) is 7. The summed E-state index contributed by atoms with van der Waals surface area (Å²) in [6.45, 7) is 30.8. The van der Waals surface area contributed by atoms with Gasteiger partial charge in [-0.15, -0.1) is 0 Å². The first-order valence-corrected chi connectivity index (χ1v) is 32.4. The molecule has 1 heterocycles. The number of carbonyl (C=O) groups excluding carboxylic acids is 12.